The van der Waals surface area contributed by atoms with Gasteiger partial charge in [0.05, 0.1) is 6.61 Å². The monoisotopic (exact) mass is 289 g/mol. The van der Waals surface area contributed by atoms with Crippen LogP contribution in [-0.2, 0) is 9.09 Å². The third-order valence-corrected chi connectivity index (χ3v) is 3.17. The molecule has 2 atom stereocenters. The fourth-order valence-electron chi connectivity index (χ4n) is 1.79. The van der Waals surface area contributed by atoms with E-state index in [4.69, 9.17) is 9.79 Å². The van der Waals surface area contributed by atoms with Crippen LogP contribution in [0, 0.1) is 0 Å². The van der Waals surface area contributed by atoms with Gasteiger partial charge in [0.15, 0.2) is 6.17 Å². The van der Waals surface area contributed by atoms with Gasteiger partial charge in [-0.15, -0.1) is 0 Å². The number of H-pyrrole nitrogens is 1. The Labute approximate surface area is 108 Å². The first-order valence-electron chi connectivity index (χ1n) is 5.47. The Hall–Kier alpha value is -1.24. The van der Waals surface area contributed by atoms with E-state index in [0.29, 0.717) is 10.9 Å². The van der Waals surface area contributed by atoms with Crippen molar-refractivity contribution in [3.8, 4) is 0 Å². The lowest BCUT2D eigenvalue weighted by atomic mass is 10.1. The molecular weight excluding hydrogens is 276 g/mol. The summed E-state index contributed by atoms with van der Waals surface area (Å²) in [6.45, 7) is -0.884. The molecule has 0 radical (unpaired) electrons. The Morgan fingerprint density at radius 1 is 1.37 bits per heavy atom. The van der Waals surface area contributed by atoms with Gasteiger partial charge in [-0.1, -0.05) is 18.2 Å². The van der Waals surface area contributed by atoms with Crippen molar-refractivity contribution in [1.82, 2.24) is 4.98 Å². The van der Waals surface area contributed by atoms with E-state index in [1.54, 1.807) is 24.3 Å². The van der Waals surface area contributed by atoms with Crippen molar-refractivity contribution in [3.63, 3.8) is 0 Å². The first-order valence-corrected chi connectivity index (χ1v) is 7.00. The summed E-state index contributed by atoms with van der Waals surface area (Å²) in [7, 11) is -4.74. The molecule has 0 fully saturated rings. The molecule has 0 aliphatic heterocycles. The van der Waals surface area contributed by atoms with Gasteiger partial charge in [-0.2, -0.15) is 0 Å². The number of hydrogen-bond donors (Lipinski definition) is 4. The number of alkyl halides is 1. The number of nitrogens with one attached hydrogen (secondary N) is 1. The number of aromatic amines is 1. The molecule has 1 aromatic carbocycles. The summed E-state index contributed by atoms with van der Waals surface area (Å²) in [5.74, 6) is 0. The highest BCUT2D eigenvalue weighted by molar-refractivity contribution is 7.46. The molecular formula is C11H13FNO5P. The lowest BCUT2D eigenvalue weighted by molar-refractivity contribution is 0.0381. The highest BCUT2D eigenvalue weighted by Gasteiger charge is 2.26. The van der Waals surface area contributed by atoms with Gasteiger partial charge >= 0.3 is 7.82 Å². The molecule has 2 unspecified atom stereocenters. The van der Waals surface area contributed by atoms with Crippen LogP contribution in [-0.4, -0.2) is 32.7 Å². The fourth-order valence-corrected chi connectivity index (χ4v) is 2.13. The summed E-state index contributed by atoms with van der Waals surface area (Å²) in [5.41, 5.74) is 1.05. The van der Waals surface area contributed by atoms with Gasteiger partial charge in [-0.25, -0.2) is 8.96 Å². The first-order chi connectivity index (χ1) is 8.88. The van der Waals surface area contributed by atoms with Crippen LogP contribution in [0.25, 0.3) is 10.9 Å². The van der Waals surface area contributed by atoms with Crippen molar-refractivity contribution in [1.29, 1.82) is 0 Å². The average molecular weight is 289 g/mol. The Morgan fingerprint density at radius 3 is 2.74 bits per heavy atom. The van der Waals surface area contributed by atoms with Crippen LogP contribution in [0.3, 0.4) is 0 Å². The quantitative estimate of drug-likeness (QED) is 0.627. The van der Waals surface area contributed by atoms with E-state index in [1.165, 1.54) is 6.20 Å². The van der Waals surface area contributed by atoms with E-state index < -0.39 is 26.7 Å². The highest BCUT2D eigenvalue weighted by Crippen LogP contribution is 2.37. The Bertz CT molecular complexity index is 610. The van der Waals surface area contributed by atoms with E-state index in [9.17, 15) is 14.1 Å². The molecule has 4 N–H and O–H groups in total. The van der Waals surface area contributed by atoms with Crippen LogP contribution in [0.15, 0.2) is 30.5 Å². The van der Waals surface area contributed by atoms with E-state index in [2.05, 4.69) is 9.51 Å². The van der Waals surface area contributed by atoms with Gasteiger partial charge in [0.25, 0.3) is 0 Å². The summed E-state index contributed by atoms with van der Waals surface area (Å²) in [6.07, 6.45) is -2.01. The lowest BCUT2D eigenvalue weighted by Gasteiger charge is -2.15. The van der Waals surface area contributed by atoms with Crippen molar-refractivity contribution in [3.05, 3.63) is 36.0 Å². The van der Waals surface area contributed by atoms with E-state index in [-0.39, 0.29) is 0 Å². The summed E-state index contributed by atoms with van der Waals surface area (Å²) in [4.78, 5) is 19.8. The number of fused-ring (bicyclic) bond motifs is 1. The normalized spacial score (nSPS) is 15.6. The molecule has 6 nitrogen and oxygen atoms in total. The minimum atomic E-state index is -4.74. The number of aliphatic hydroxyl groups is 1. The molecule has 2 aromatic rings. The van der Waals surface area contributed by atoms with Crippen LogP contribution in [0.2, 0.25) is 0 Å². The molecule has 1 aromatic heterocycles. The summed E-state index contributed by atoms with van der Waals surface area (Å²) in [5, 5.41) is 10.5. The zero-order chi connectivity index (χ0) is 14.0. The van der Waals surface area contributed by atoms with Crippen LogP contribution in [0.4, 0.5) is 4.39 Å². The Kier molecular flexibility index (Phi) is 4.03. The second-order valence-corrected chi connectivity index (χ2v) is 5.28. The fraction of sp³-hybridized carbons (Fsp3) is 0.273. The van der Waals surface area contributed by atoms with Gasteiger partial charge in [0, 0.05) is 22.7 Å². The predicted molar refractivity (Wildman–Crippen MR) is 66.2 cm³/mol. The van der Waals surface area contributed by atoms with E-state index in [1.807, 2.05) is 0 Å². The lowest BCUT2D eigenvalue weighted by Crippen LogP contribution is -2.19. The number of aliphatic hydroxyl groups excluding tert-OH is 1. The standard InChI is InChI=1S/C11H13FNO5P/c12-9(6-18-19(15,16)17)11(14)8-5-13-10-4-2-1-3-7(8)10/h1-5,9,11,13-14H,6H2,(H2,15,16,17). The van der Waals surface area contributed by atoms with Gasteiger partial charge in [-0.05, 0) is 6.07 Å². The SMILES string of the molecule is O=P(O)(O)OCC(F)C(O)c1c[nH]c2ccccc12. The molecule has 8 heteroatoms. The maximum atomic E-state index is 13.7. The molecule has 0 saturated heterocycles. The molecule has 104 valence electrons. The number of aromatic nitrogens is 1. The van der Waals surface area contributed by atoms with Crippen molar-refractivity contribution in [2.45, 2.75) is 12.3 Å². The van der Waals surface area contributed by atoms with Gasteiger partial charge < -0.3 is 19.9 Å². The summed E-state index contributed by atoms with van der Waals surface area (Å²) in [6, 6.07) is 7.01. The molecule has 0 saturated carbocycles. The molecule has 0 spiro atoms. The minimum absolute atomic E-state index is 0.317. The largest absolute Gasteiger partial charge is 0.469 e. The summed E-state index contributed by atoms with van der Waals surface area (Å²) >= 11 is 0. The average Bonchev–Trinajstić information content (AvgIpc) is 2.78. The molecule has 0 aliphatic rings. The van der Waals surface area contributed by atoms with Gasteiger partial charge in [-0.3, -0.25) is 4.52 Å². The number of halogens is 1. The molecule has 0 bridgehead atoms. The molecule has 2 rings (SSSR count). The predicted octanol–water partition coefficient (Wildman–Crippen LogP) is 1.65. The molecule has 19 heavy (non-hydrogen) atoms. The molecule has 0 aliphatic carbocycles. The van der Waals surface area contributed by atoms with Crippen molar-refractivity contribution >= 4 is 18.7 Å². The number of para-hydroxylation sites is 1. The van der Waals surface area contributed by atoms with Gasteiger partial charge in [0.2, 0.25) is 0 Å². The zero-order valence-electron chi connectivity index (χ0n) is 9.73. The number of phosphoric ester groups is 1. The van der Waals surface area contributed by atoms with Crippen LogP contribution in [0.5, 0.6) is 0 Å². The maximum absolute atomic E-state index is 13.7. The minimum Gasteiger partial charge on any atom is -0.385 e. The van der Waals surface area contributed by atoms with Crippen LogP contribution < -0.4 is 0 Å². The third-order valence-electron chi connectivity index (χ3n) is 2.68. The number of phosphoric acid groups is 1. The Morgan fingerprint density at radius 2 is 2.05 bits per heavy atom. The number of benzene rings is 1. The number of hydrogen-bond acceptors (Lipinski definition) is 3. The first kappa shape index (κ1) is 14.2. The van der Waals surface area contributed by atoms with Gasteiger partial charge in [0.1, 0.15) is 6.10 Å². The Balaban J connectivity index is 2.15. The highest BCUT2D eigenvalue weighted by atomic mass is 31.2. The van der Waals surface area contributed by atoms with Crippen LogP contribution in [0.1, 0.15) is 11.7 Å². The molecule has 1 heterocycles. The second kappa shape index (κ2) is 5.40. The second-order valence-electron chi connectivity index (χ2n) is 4.04. The van der Waals surface area contributed by atoms with Crippen LogP contribution >= 0.6 is 7.82 Å². The summed E-state index contributed by atoms with van der Waals surface area (Å²) < 4.78 is 28.2. The van der Waals surface area contributed by atoms with Crippen molar-refractivity contribution in [2.75, 3.05) is 6.61 Å². The third kappa shape index (κ3) is 3.40. The molecule has 0 amide bonds. The topological polar surface area (TPSA) is 103 Å². The zero-order valence-corrected chi connectivity index (χ0v) is 10.6. The smallest absolute Gasteiger partial charge is 0.385 e. The van der Waals surface area contributed by atoms with E-state index >= 15 is 0 Å². The van der Waals surface area contributed by atoms with Crippen molar-refractivity contribution < 1.29 is 28.4 Å². The maximum Gasteiger partial charge on any atom is 0.469 e. The van der Waals surface area contributed by atoms with E-state index in [0.717, 1.165) is 5.52 Å². The number of rotatable bonds is 5. The van der Waals surface area contributed by atoms with Crippen molar-refractivity contribution in [2.24, 2.45) is 0 Å².